The molecule has 0 saturated carbocycles. The summed E-state index contributed by atoms with van der Waals surface area (Å²) in [4.78, 5) is 11.0. The summed E-state index contributed by atoms with van der Waals surface area (Å²) in [6.45, 7) is 0. The van der Waals surface area contributed by atoms with Crippen molar-refractivity contribution in [1.29, 1.82) is 5.26 Å². The molecule has 3 nitrogen and oxygen atoms in total. The highest BCUT2D eigenvalue weighted by Crippen LogP contribution is 2.20. The Morgan fingerprint density at radius 2 is 2.23 bits per heavy atom. The zero-order valence-corrected chi connectivity index (χ0v) is 7.51. The summed E-state index contributed by atoms with van der Waals surface area (Å²) in [7, 11) is 0. The van der Waals surface area contributed by atoms with Crippen molar-refractivity contribution in [3.63, 3.8) is 0 Å². The van der Waals surface area contributed by atoms with Crippen LogP contribution in [-0.4, -0.2) is 5.91 Å². The summed E-state index contributed by atoms with van der Waals surface area (Å²) < 4.78 is 0. The number of rotatable bonds is 2. The van der Waals surface area contributed by atoms with Crippen LogP contribution in [0.15, 0.2) is 24.3 Å². The van der Waals surface area contributed by atoms with E-state index in [-0.39, 0.29) is 12.3 Å². The molecule has 0 unspecified atom stereocenters. The van der Waals surface area contributed by atoms with Crippen LogP contribution in [0.5, 0.6) is 0 Å². The molecule has 0 aliphatic rings. The van der Waals surface area contributed by atoms with Crippen molar-refractivity contribution >= 4 is 23.2 Å². The van der Waals surface area contributed by atoms with Crippen LogP contribution in [-0.2, 0) is 4.79 Å². The van der Waals surface area contributed by atoms with Crippen molar-refractivity contribution in [2.24, 2.45) is 0 Å². The molecular weight excluding hydrogens is 188 g/mol. The lowest BCUT2D eigenvalue weighted by Gasteiger charge is -2.03. The van der Waals surface area contributed by atoms with Crippen LogP contribution < -0.4 is 5.32 Å². The van der Waals surface area contributed by atoms with Crippen LogP contribution in [0.3, 0.4) is 0 Å². The number of benzene rings is 1. The molecule has 0 saturated heterocycles. The summed E-state index contributed by atoms with van der Waals surface area (Å²) in [5.74, 6) is -0.351. The lowest BCUT2D eigenvalue weighted by molar-refractivity contribution is -0.115. The maximum Gasteiger partial charge on any atom is 0.238 e. The van der Waals surface area contributed by atoms with Crippen molar-refractivity contribution in [3.8, 4) is 6.07 Å². The summed E-state index contributed by atoms with van der Waals surface area (Å²) in [5.41, 5.74) is 0.532. The lowest BCUT2D eigenvalue weighted by atomic mass is 10.3. The summed E-state index contributed by atoms with van der Waals surface area (Å²) in [6.07, 6.45) is -0.161. The van der Waals surface area contributed by atoms with E-state index in [9.17, 15) is 4.79 Å². The molecule has 1 aromatic carbocycles. The number of amides is 1. The van der Waals surface area contributed by atoms with Crippen LogP contribution in [0.2, 0.25) is 5.02 Å². The number of nitrogens with zero attached hydrogens (tertiary/aromatic N) is 1. The average Bonchev–Trinajstić information content (AvgIpc) is 2.09. The van der Waals surface area contributed by atoms with Gasteiger partial charge in [-0.15, -0.1) is 0 Å². The van der Waals surface area contributed by atoms with E-state index >= 15 is 0 Å². The fourth-order valence-electron chi connectivity index (χ4n) is 0.829. The second-order valence-corrected chi connectivity index (χ2v) is 2.77. The topological polar surface area (TPSA) is 52.9 Å². The molecule has 1 N–H and O–H groups in total. The Morgan fingerprint density at radius 1 is 1.54 bits per heavy atom. The standard InChI is InChI=1S/C9H7ClN2O/c10-7-3-1-2-4-8(7)12-9(13)5-6-11/h1-4H,5H2,(H,12,13). The predicted molar refractivity (Wildman–Crippen MR) is 50.3 cm³/mol. The second kappa shape index (κ2) is 4.48. The van der Waals surface area contributed by atoms with Gasteiger partial charge in [0.25, 0.3) is 0 Å². The first-order valence-electron chi connectivity index (χ1n) is 3.65. The number of halogens is 1. The van der Waals surface area contributed by atoms with E-state index in [1.54, 1.807) is 30.3 Å². The Morgan fingerprint density at radius 3 is 2.85 bits per heavy atom. The number of carbonyl (C=O) groups excluding carboxylic acids is 1. The smallest absolute Gasteiger partial charge is 0.238 e. The molecule has 0 heterocycles. The molecule has 0 aliphatic heterocycles. The van der Waals surface area contributed by atoms with E-state index < -0.39 is 0 Å². The first-order valence-corrected chi connectivity index (χ1v) is 4.03. The van der Waals surface area contributed by atoms with E-state index in [2.05, 4.69) is 5.32 Å². The predicted octanol–water partition coefficient (Wildman–Crippen LogP) is 2.19. The van der Waals surface area contributed by atoms with Gasteiger partial charge in [0.1, 0.15) is 6.42 Å². The van der Waals surface area contributed by atoms with Crippen LogP contribution in [0.1, 0.15) is 6.42 Å². The summed E-state index contributed by atoms with van der Waals surface area (Å²) in [6, 6.07) is 8.62. The van der Waals surface area contributed by atoms with Crippen LogP contribution in [0.25, 0.3) is 0 Å². The summed E-state index contributed by atoms with van der Waals surface area (Å²) >= 11 is 5.77. The van der Waals surface area contributed by atoms with Gasteiger partial charge in [0, 0.05) is 0 Å². The minimum absolute atomic E-state index is 0.161. The van der Waals surface area contributed by atoms with E-state index in [0.29, 0.717) is 10.7 Å². The molecule has 1 amide bonds. The minimum Gasteiger partial charge on any atom is -0.324 e. The van der Waals surface area contributed by atoms with Gasteiger partial charge < -0.3 is 5.32 Å². The third-order valence-electron chi connectivity index (χ3n) is 1.39. The van der Waals surface area contributed by atoms with E-state index in [1.165, 1.54) is 0 Å². The van der Waals surface area contributed by atoms with Gasteiger partial charge in [0.15, 0.2) is 0 Å². The van der Waals surface area contributed by atoms with Crippen molar-refractivity contribution < 1.29 is 4.79 Å². The molecule has 66 valence electrons. The zero-order chi connectivity index (χ0) is 9.68. The number of nitriles is 1. The van der Waals surface area contributed by atoms with Crippen molar-refractivity contribution in [2.45, 2.75) is 6.42 Å². The number of hydrogen-bond acceptors (Lipinski definition) is 2. The Hall–Kier alpha value is -1.53. The quantitative estimate of drug-likeness (QED) is 0.785. The Balaban J connectivity index is 2.70. The fourth-order valence-corrected chi connectivity index (χ4v) is 1.01. The highest BCUT2D eigenvalue weighted by Gasteiger charge is 2.03. The molecule has 4 heteroatoms. The van der Waals surface area contributed by atoms with Gasteiger partial charge in [0.2, 0.25) is 5.91 Å². The number of hydrogen-bond donors (Lipinski definition) is 1. The maximum absolute atomic E-state index is 11.0. The second-order valence-electron chi connectivity index (χ2n) is 2.36. The molecule has 13 heavy (non-hydrogen) atoms. The maximum atomic E-state index is 11.0. The van der Waals surface area contributed by atoms with E-state index in [4.69, 9.17) is 16.9 Å². The number of anilines is 1. The Labute approximate surface area is 80.9 Å². The van der Waals surface area contributed by atoms with Crippen LogP contribution in [0, 0.1) is 11.3 Å². The zero-order valence-electron chi connectivity index (χ0n) is 6.75. The molecule has 0 bridgehead atoms. The highest BCUT2D eigenvalue weighted by atomic mass is 35.5. The average molecular weight is 195 g/mol. The SMILES string of the molecule is N#CCC(=O)Nc1ccccc1Cl. The molecule has 0 aliphatic carbocycles. The number of nitrogens with one attached hydrogen (secondary N) is 1. The van der Waals surface area contributed by atoms with E-state index in [1.807, 2.05) is 0 Å². The highest BCUT2D eigenvalue weighted by molar-refractivity contribution is 6.33. The molecule has 1 rings (SSSR count). The molecule has 0 fully saturated rings. The summed E-state index contributed by atoms with van der Waals surface area (Å²) in [5, 5.41) is 11.2. The minimum atomic E-state index is -0.351. The molecule has 0 radical (unpaired) electrons. The van der Waals surface area contributed by atoms with Gasteiger partial charge in [-0.05, 0) is 12.1 Å². The Bertz CT molecular complexity index is 357. The van der Waals surface area contributed by atoms with Crippen LogP contribution in [0.4, 0.5) is 5.69 Å². The molecule has 0 spiro atoms. The van der Waals surface area contributed by atoms with Crippen molar-refractivity contribution in [2.75, 3.05) is 5.32 Å². The lowest BCUT2D eigenvalue weighted by Crippen LogP contribution is -2.10. The first-order chi connectivity index (χ1) is 6.24. The monoisotopic (exact) mass is 194 g/mol. The number of carbonyl (C=O) groups is 1. The number of para-hydroxylation sites is 1. The van der Waals surface area contributed by atoms with Gasteiger partial charge in [-0.25, -0.2) is 0 Å². The van der Waals surface area contributed by atoms with Gasteiger partial charge in [-0.1, -0.05) is 23.7 Å². The molecule has 1 aromatic rings. The fraction of sp³-hybridized carbons (Fsp3) is 0.111. The van der Waals surface area contributed by atoms with Crippen LogP contribution >= 0.6 is 11.6 Å². The normalized spacial score (nSPS) is 8.92. The van der Waals surface area contributed by atoms with E-state index in [0.717, 1.165) is 0 Å². The van der Waals surface area contributed by atoms with Gasteiger partial charge in [-0.3, -0.25) is 4.79 Å². The first kappa shape index (κ1) is 9.56. The van der Waals surface area contributed by atoms with Gasteiger partial charge >= 0.3 is 0 Å². The molecular formula is C9H7ClN2O. The largest absolute Gasteiger partial charge is 0.324 e. The van der Waals surface area contributed by atoms with Gasteiger partial charge in [-0.2, -0.15) is 5.26 Å². The molecule has 0 aromatic heterocycles. The Kier molecular flexibility index (Phi) is 3.30. The van der Waals surface area contributed by atoms with Crippen molar-refractivity contribution in [3.05, 3.63) is 29.3 Å². The third kappa shape index (κ3) is 2.77. The van der Waals surface area contributed by atoms with Gasteiger partial charge in [0.05, 0.1) is 16.8 Å². The third-order valence-corrected chi connectivity index (χ3v) is 1.72. The molecule has 0 atom stereocenters. The van der Waals surface area contributed by atoms with Crippen molar-refractivity contribution in [1.82, 2.24) is 0 Å².